The minimum atomic E-state index is -1.21. The van der Waals surface area contributed by atoms with Gasteiger partial charge in [0.1, 0.15) is 11.1 Å². The summed E-state index contributed by atoms with van der Waals surface area (Å²) in [4.78, 5) is 35.4. The predicted octanol–water partition coefficient (Wildman–Crippen LogP) is 4.60. The Kier molecular flexibility index (Phi) is 7.80. The van der Waals surface area contributed by atoms with E-state index in [1.54, 1.807) is 24.3 Å². The Morgan fingerprint density at radius 1 is 1.06 bits per heavy atom. The fraction of sp³-hybridized carbons (Fsp3) is 0.0435. The van der Waals surface area contributed by atoms with Gasteiger partial charge in [0.25, 0.3) is 0 Å². The summed E-state index contributed by atoms with van der Waals surface area (Å²) >= 11 is 2.57. The number of hydrogen-bond donors (Lipinski definition) is 3. The van der Waals surface area contributed by atoms with E-state index in [0.29, 0.717) is 16.3 Å². The molecule has 3 rings (SSSR count). The topological polar surface area (TPSA) is 119 Å². The maximum absolute atomic E-state index is 12.4. The molecule has 32 heavy (non-hydrogen) atoms. The van der Waals surface area contributed by atoms with E-state index >= 15 is 0 Å². The minimum Gasteiger partial charge on any atom is -0.478 e. The molecule has 160 valence electrons. The number of thioether (sulfide) groups is 1. The standard InChI is InChI=1S/C23H17N3O4S2/c24-12-18-19(15-5-2-1-3-6-15)13-32-23(18)26-21(28)14-31-17-8-4-7-16(11-17)25-20(27)9-10-22(29)30/h1-11,13H,14H2,(H,25,27)(H,26,28)(H,29,30)/b10-9+. The molecule has 0 aliphatic rings. The van der Waals surface area contributed by atoms with Crippen molar-refractivity contribution in [2.24, 2.45) is 0 Å². The average molecular weight is 464 g/mol. The molecule has 0 radical (unpaired) electrons. The first-order valence-corrected chi connectivity index (χ1v) is 11.1. The normalized spacial score (nSPS) is 10.5. The van der Waals surface area contributed by atoms with E-state index in [-0.39, 0.29) is 11.7 Å². The van der Waals surface area contributed by atoms with Gasteiger partial charge >= 0.3 is 5.97 Å². The summed E-state index contributed by atoms with van der Waals surface area (Å²) in [5.74, 6) is -1.92. The van der Waals surface area contributed by atoms with Crippen molar-refractivity contribution in [2.75, 3.05) is 16.4 Å². The first-order chi connectivity index (χ1) is 15.5. The first kappa shape index (κ1) is 22.8. The van der Waals surface area contributed by atoms with Crippen LogP contribution in [0, 0.1) is 11.3 Å². The lowest BCUT2D eigenvalue weighted by molar-refractivity contribution is -0.131. The molecule has 2 amide bonds. The van der Waals surface area contributed by atoms with E-state index in [9.17, 15) is 19.6 Å². The van der Waals surface area contributed by atoms with E-state index in [2.05, 4.69) is 16.7 Å². The van der Waals surface area contributed by atoms with Gasteiger partial charge in [-0.25, -0.2) is 4.79 Å². The number of thiophene rings is 1. The number of benzene rings is 2. The van der Waals surface area contributed by atoms with Gasteiger partial charge in [-0.2, -0.15) is 5.26 Å². The van der Waals surface area contributed by atoms with Crippen LogP contribution in [0.1, 0.15) is 5.56 Å². The molecular weight excluding hydrogens is 446 g/mol. The molecular formula is C23H17N3O4S2. The zero-order valence-electron chi connectivity index (χ0n) is 16.6. The molecule has 0 saturated carbocycles. The van der Waals surface area contributed by atoms with Crippen molar-refractivity contribution in [3.05, 3.63) is 77.7 Å². The van der Waals surface area contributed by atoms with Crippen molar-refractivity contribution in [1.82, 2.24) is 0 Å². The largest absolute Gasteiger partial charge is 0.478 e. The third kappa shape index (κ3) is 6.31. The van der Waals surface area contributed by atoms with Gasteiger partial charge in [-0.05, 0) is 23.8 Å². The number of carboxylic acids is 1. The fourth-order valence-corrected chi connectivity index (χ4v) is 4.39. The number of rotatable bonds is 8. The molecule has 9 heteroatoms. The zero-order valence-corrected chi connectivity index (χ0v) is 18.2. The van der Waals surface area contributed by atoms with Crippen LogP contribution in [0.25, 0.3) is 11.1 Å². The zero-order chi connectivity index (χ0) is 22.9. The lowest BCUT2D eigenvalue weighted by atomic mass is 10.1. The highest BCUT2D eigenvalue weighted by Crippen LogP contribution is 2.35. The number of carbonyl (C=O) groups is 3. The molecule has 0 saturated heterocycles. The van der Waals surface area contributed by atoms with E-state index in [0.717, 1.165) is 28.2 Å². The van der Waals surface area contributed by atoms with Gasteiger partial charge in [-0.15, -0.1) is 23.1 Å². The van der Waals surface area contributed by atoms with Crippen LogP contribution >= 0.6 is 23.1 Å². The number of carboxylic acid groups (broad SMARTS) is 1. The molecule has 0 aliphatic carbocycles. The number of nitriles is 1. The molecule has 0 unspecified atom stereocenters. The van der Waals surface area contributed by atoms with Crippen molar-refractivity contribution in [3.8, 4) is 17.2 Å². The highest BCUT2D eigenvalue weighted by Gasteiger charge is 2.15. The molecule has 1 heterocycles. The van der Waals surface area contributed by atoms with Crippen molar-refractivity contribution < 1.29 is 19.5 Å². The summed E-state index contributed by atoms with van der Waals surface area (Å²) in [6.45, 7) is 0. The smallest absolute Gasteiger partial charge is 0.328 e. The van der Waals surface area contributed by atoms with Gasteiger partial charge in [0.2, 0.25) is 11.8 Å². The number of nitrogens with one attached hydrogen (secondary N) is 2. The van der Waals surface area contributed by atoms with Crippen LogP contribution in [0.5, 0.6) is 0 Å². The summed E-state index contributed by atoms with van der Waals surface area (Å²) in [5, 5.41) is 25.8. The van der Waals surface area contributed by atoms with E-state index < -0.39 is 11.9 Å². The Hall–Kier alpha value is -3.87. The van der Waals surface area contributed by atoms with Gasteiger partial charge in [-0.3, -0.25) is 9.59 Å². The van der Waals surface area contributed by atoms with Crippen LogP contribution in [0.4, 0.5) is 10.7 Å². The molecule has 7 nitrogen and oxygen atoms in total. The van der Waals surface area contributed by atoms with E-state index in [1.165, 1.54) is 23.1 Å². The average Bonchev–Trinajstić information content (AvgIpc) is 3.19. The Morgan fingerprint density at radius 3 is 2.56 bits per heavy atom. The van der Waals surface area contributed by atoms with Crippen LogP contribution in [0.3, 0.4) is 0 Å². The second-order valence-electron chi connectivity index (χ2n) is 6.36. The van der Waals surface area contributed by atoms with Gasteiger partial charge in [0, 0.05) is 33.7 Å². The maximum atomic E-state index is 12.4. The molecule has 3 aromatic rings. The molecule has 0 aliphatic heterocycles. The van der Waals surface area contributed by atoms with Crippen LogP contribution in [-0.2, 0) is 14.4 Å². The van der Waals surface area contributed by atoms with E-state index in [1.807, 2.05) is 35.7 Å². The van der Waals surface area contributed by atoms with Crippen LogP contribution in [0.15, 0.2) is 77.0 Å². The monoisotopic (exact) mass is 463 g/mol. The summed E-state index contributed by atoms with van der Waals surface area (Å²) in [6.07, 6.45) is 1.68. The summed E-state index contributed by atoms with van der Waals surface area (Å²) < 4.78 is 0. The summed E-state index contributed by atoms with van der Waals surface area (Å²) in [6, 6.07) is 18.5. The SMILES string of the molecule is N#Cc1c(-c2ccccc2)csc1NC(=O)CSc1cccc(NC(=O)/C=C/C(=O)O)c1. The van der Waals surface area contributed by atoms with Crippen molar-refractivity contribution >= 4 is 51.6 Å². The van der Waals surface area contributed by atoms with Crippen LogP contribution in [0.2, 0.25) is 0 Å². The molecule has 0 atom stereocenters. The molecule has 3 N–H and O–H groups in total. The number of nitrogens with zero attached hydrogens (tertiary/aromatic N) is 1. The van der Waals surface area contributed by atoms with Crippen molar-refractivity contribution in [2.45, 2.75) is 4.90 Å². The predicted molar refractivity (Wildman–Crippen MR) is 126 cm³/mol. The third-order valence-electron chi connectivity index (χ3n) is 4.09. The number of hydrogen-bond acceptors (Lipinski definition) is 6. The Labute approximate surface area is 192 Å². The number of aliphatic carboxylic acids is 1. The molecule has 1 aromatic heterocycles. The lowest BCUT2D eigenvalue weighted by Crippen LogP contribution is -2.14. The van der Waals surface area contributed by atoms with Gasteiger partial charge in [0.05, 0.1) is 11.3 Å². The molecule has 0 bridgehead atoms. The highest BCUT2D eigenvalue weighted by atomic mass is 32.2. The minimum absolute atomic E-state index is 0.111. The van der Waals surface area contributed by atoms with Gasteiger partial charge in [-0.1, -0.05) is 36.4 Å². The molecule has 0 fully saturated rings. The van der Waals surface area contributed by atoms with E-state index in [4.69, 9.17) is 5.11 Å². The third-order valence-corrected chi connectivity index (χ3v) is 5.98. The first-order valence-electron chi connectivity index (χ1n) is 9.28. The van der Waals surface area contributed by atoms with Crippen molar-refractivity contribution in [1.29, 1.82) is 5.26 Å². The second kappa shape index (κ2) is 10.9. The maximum Gasteiger partial charge on any atom is 0.328 e. The van der Waals surface area contributed by atoms with Crippen molar-refractivity contribution in [3.63, 3.8) is 0 Å². The second-order valence-corrected chi connectivity index (χ2v) is 8.29. The van der Waals surface area contributed by atoms with Gasteiger partial charge in [0.15, 0.2) is 0 Å². The van der Waals surface area contributed by atoms with Crippen LogP contribution in [-0.4, -0.2) is 28.6 Å². The van der Waals surface area contributed by atoms with Gasteiger partial charge < -0.3 is 15.7 Å². The van der Waals surface area contributed by atoms with Crippen LogP contribution < -0.4 is 10.6 Å². The summed E-state index contributed by atoms with van der Waals surface area (Å²) in [5.41, 5.74) is 2.60. The lowest BCUT2D eigenvalue weighted by Gasteiger charge is -2.07. The Morgan fingerprint density at radius 2 is 1.84 bits per heavy atom. The number of carbonyl (C=O) groups excluding carboxylic acids is 2. The number of anilines is 2. The molecule has 2 aromatic carbocycles. The number of amides is 2. The molecule has 0 spiro atoms. The Balaban J connectivity index is 1.60. The summed E-state index contributed by atoms with van der Waals surface area (Å²) in [7, 11) is 0. The highest BCUT2D eigenvalue weighted by molar-refractivity contribution is 8.00. The Bertz CT molecular complexity index is 1210. The fourth-order valence-electron chi connectivity index (χ4n) is 2.70. The quantitative estimate of drug-likeness (QED) is 0.332.